The van der Waals surface area contributed by atoms with Gasteiger partial charge in [0.1, 0.15) is 24.4 Å². The number of benzene rings is 2. The zero-order valence-corrected chi connectivity index (χ0v) is 25.3. The molecular weight excluding hydrogens is 566 g/mol. The Morgan fingerprint density at radius 1 is 0.864 bits per heavy atom. The Labute approximate surface area is 257 Å². The van der Waals surface area contributed by atoms with E-state index in [0.717, 1.165) is 16.7 Å². The van der Waals surface area contributed by atoms with Crippen molar-refractivity contribution in [2.24, 2.45) is 22.4 Å². The van der Waals surface area contributed by atoms with E-state index in [2.05, 4.69) is 26.3 Å². The summed E-state index contributed by atoms with van der Waals surface area (Å²) >= 11 is 0. The number of amides is 4. The zero-order chi connectivity index (χ0) is 32.6. The van der Waals surface area contributed by atoms with E-state index in [1.54, 1.807) is 26.0 Å². The summed E-state index contributed by atoms with van der Waals surface area (Å²) in [4.78, 5) is 67.1. The number of carboxylic acids is 1. The highest BCUT2D eigenvalue weighted by molar-refractivity contribution is 5.93. The molecule has 0 bridgehead atoms. The Bertz CT molecular complexity index is 1300. The van der Waals surface area contributed by atoms with Crippen molar-refractivity contribution >= 4 is 36.1 Å². The number of nitrogens with two attached hydrogens (primary N) is 2. The van der Waals surface area contributed by atoms with Gasteiger partial charge >= 0.3 is 12.0 Å². The Morgan fingerprint density at radius 2 is 1.52 bits per heavy atom. The van der Waals surface area contributed by atoms with Crippen molar-refractivity contribution in [1.82, 2.24) is 21.3 Å². The minimum atomic E-state index is -1.26. The molecule has 9 N–H and O–H groups in total. The van der Waals surface area contributed by atoms with Gasteiger partial charge in [-0.1, -0.05) is 74.0 Å². The zero-order valence-electron chi connectivity index (χ0n) is 25.3. The monoisotopic (exact) mass is 609 g/mol. The number of aliphatic imine (C=N–C) groups is 1. The molecule has 2 aromatic carbocycles. The predicted molar refractivity (Wildman–Crippen MR) is 167 cm³/mol. The summed E-state index contributed by atoms with van der Waals surface area (Å²) in [6, 6.07) is 11.3. The average molecular weight is 610 g/mol. The van der Waals surface area contributed by atoms with Crippen LogP contribution in [0.25, 0.3) is 0 Å². The first-order chi connectivity index (χ1) is 20.9. The van der Waals surface area contributed by atoms with Gasteiger partial charge in [0.15, 0.2) is 5.96 Å². The van der Waals surface area contributed by atoms with Gasteiger partial charge < -0.3 is 42.6 Å². The second kappa shape index (κ2) is 17.9. The van der Waals surface area contributed by atoms with E-state index in [1.165, 1.54) is 0 Å². The number of aliphatic carboxylic acids is 1. The van der Waals surface area contributed by atoms with Crippen molar-refractivity contribution < 1.29 is 29.1 Å². The van der Waals surface area contributed by atoms with Crippen molar-refractivity contribution in [1.29, 1.82) is 0 Å². The highest BCUT2D eigenvalue weighted by Gasteiger charge is 2.30. The maximum absolute atomic E-state index is 13.4. The van der Waals surface area contributed by atoms with Gasteiger partial charge in [0.25, 0.3) is 0 Å². The number of aryl methyl sites for hydroxylation is 1. The largest absolute Gasteiger partial charge is 0.480 e. The fraction of sp³-hybridized carbons (Fsp3) is 0.419. The Morgan fingerprint density at radius 3 is 2.11 bits per heavy atom. The third-order valence-corrected chi connectivity index (χ3v) is 6.73. The minimum Gasteiger partial charge on any atom is -0.480 e. The molecule has 2 aromatic rings. The molecule has 0 heterocycles. The van der Waals surface area contributed by atoms with Crippen LogP contribution in [0.1, 0.15) is 43.4 Å². The molecule has 44 heavy (non-hydrogen) atoms. The van der Waals surface area contributed by atoms with Crippen LogP contribution in [-0.2, 0) is 32.0 Å². The maximum atomic E-state index is 13.4. The van der Waals surface area contributed by atoms with Crippen molar-refractivity contribution in [3.8, 4) is 0 Å². The van der Waals surface area contributed by atoms with Gasteiger partial charge in [0.05, 0.1) is 6.04 Å². The Hall–Kier alpha value is -4.94. The number of urea groups is 1. The summed E-state index contributed by atoms with van der Waals surface area (Å²) in [6.07, 6.45) is 1.32. The normalized spacial score (nSPS) is 13.5. The standard InChI is InChI=1S/C31H43N7O6/c1-19(2)26(28(41)35-23(18-39)16-21-10-5-4-6-11-21)38-27(40)24(13-8-14-34-30(32)33)36-31(44)37-25(29(42)43)17-22-12-7-9-20(3)15-22/h4-7,9-12,15,18-19,23-26H,8,13-14,16-17H2,1-3H3,(H,35,41)(H,38,40)(H,42,43)(H4,32,33,34)(H2,36,37,44)/t23-,24-,25-,26-/m0/s1. The van der Waals surface area contributed by atoms with E-state index < -0.39 is 48.0 Å². The molecule has 0 aromatic heterocycles. The van der Waals surface area contributed by atoms with Crippen LogP contribution >= 0.6 is 0 Å². The molecular formula is C31H43N7O6. The third-order valence-electron chi connectivity index (χ3n) is 6.73. The van der Waals surface area contributed by atoms with Crippen LogP contribution in [0.4, 0.5) is 4.79 Å². The first-order valence-corrected chi connectivity index (χ1v) is 14.4. The second-order valence-electron chi connectivity index (χ2n) is 10.9. The molecule has 0 saturated carbocycles. The second-order valence-corrected chi connectivity index (χ2v) is 10.9. The van der Waals surface area contributed by atoms with Crippen LogP contribution < -0.4 is 32.7 Å². The van der Waals surface area contributed by atoms with E-state index in [9.17, 15) is 29.1 Å². The summed E-state index contributed by atoms with van der Waals surface area (Å²) < 4.78 is 0. The molecule has 238 valence electrons. The number of nitrogens with one attached hydrogen (secondary N) is 4. The number of carbonyl (C=O) groups is 5. The molecule has 2 rings (SSSR count). The Kier molecular flexibility index (Phi) is 14.3. The molecule has 0 radical (unpaired) electrons. The molecule has 0 unspecified atom stereocenters. The number of carbonyl (C=O) groups excluding carboxylic acids is 4. The fourth-order valence-electron chi connectivity index (χ4n) is 4.47. The Balaban J connectivity index is 2.14. The number of hydrogen-bond acceptors (Lipinski definition) is 6. The predicted octanol–water partition coefficient (Wildman–Crippen LogP) is 0.779. The first kappa shape index (κ1) is 35.3. The lowest BCUT2D eigenvalue weighted by Crippen LogP contribution is -2.58. The van der Waals surface area contributed by atoms with E-state index in [1.807, 2.05) is 49.4 Å². The summed E-state index contributed by atoms with van der Waals surface area (Å²) in [5, 5.41) is 20.0. The summed E-state index contributed by atoms with van der Waals surface area (Å²) in [6.45, 7) is 5.51. The van der Waals surface area contributed by atoms with Gasteiger partial charge in [-0.2, -0.15) is 0 Å². The number of rotatable bonds is 17. The summed E-state index contributed by atoms with van der Waals surface area (Å²) in [7, 11) is 0. The van der Waals surface area contributed by atoms with E-state index >= 15 is 0 Å². The highest BCUT2D eigenvalue weighted by Crippen LogP contribution is 2.09. The van der Waals surface area contributed by atoms with Crippen molar-refractivity contribution in [3.63, 3.8) is 0 Å². The lowest BCUT2D eigenvalue weighted by molar-refractivity contribution is -0.139. The molecule has 0 spiro atoms. The molecule has 13 heteroatoms. The fourth-order valence-corrected chi connectivity index (χ4v) is 4.47. The summed E-state index contributed by atoms with van der Waals surface area (Å²) in [5.41, 5.74) is 13.3. The lowest BCUT2D eigenvalue weighted by Gasteiger charge is -2.27. The van der Waals surface area contributed by atoms with Crippen LogP contribution in [0.5, 0.6) is 0 Å². The van der Waals surface area contributed by atoms with Crippen LogP contribution in [0.15, 0.2) is 59.6 Å². The molecule has 0 fully saturated rings. The van der Waals surface area contributed by atoms with Crippen LogP contribution in [-0.4, -0.2) is 71.9 Å². The van der Waals surface area contributed by atoms with Crippen molar-refractivity contribution in [2.45, 2.75) is 70.6 Å². The lowest BCUT2D eigenvalue weighted by atomic mass is 10.0. The van der Waals surface area contributed by atoms with Crippen molar-refractivity contribution in [2.75, 3.05) is 6.54 Å². The van der Waals surface area contributed by atoms with Gasteiger partial charge in [0, 0.05) is 13.0 Å². The summed E-state index contributed by atoms with van der Waals surface area (Å²) in [5.74, 6) is -2.98. The smallest absolute Gasteiger partial charge is 0.326 e. The van der Waals surface area contributed by atoms with Crippen LogP contribution in [0.2, 0.25) is 0 Å². The van der Waals surface area contributed by atoms with E-state index in [4.69, 9.17) is 11.5 Å². The number of guanidine groups is 1. The average Bonchev–Trinajstić information content (AvgIpc) is 2.96. The number of hydrogen-bond donors (Lipinski definition) is 7. The van der Waals surface area contributed by atoms with Gasteiger partial charge in [-0.15, -0.1) is 0 Å². The molecule has 0 aliphatic carbocycles. The third kappa shape index (κ3) is 12.5. The van der Waals surface area contributed by atoms with Gasteiger partial charge in [0.2, 0.25) is 11.8 Å². The number of carboxylic acid groups (broad SMARTS) is 1. The molecule has 4 amide bonds. The van der Waals surface area contributed by atoms with Gasteiger partial charge in [-0.3, -0.25) is 14.6 Å². The van der Waals surface area contributed by atoms with Crippen molar-refractivity contribution in [3.05, 3.63) is 71.3 Å². The number of aldehydes is 1. The molecule has 0 saturated heterocycles. The first-order valence-electron chi connectivity index (χ1n) is 14.4. The molecule has 4 atom stereocenters. The van der Waals surface area contributed by atoms with E-state index in [-0.39, 0.29) is 37.7 Å². The molecule has 0 aliphatic heterocycles. The SMILES string of the molecule is Cc1cccc(C[C@H](NC(=O)N[C@@H](CCCN=C(N)N)C(=O)N[C@H](C(=O)N[C@H](C=O)Cc2ccccc2)C(C)C)C(=O)O)c1. The highest BCUT2D eigenvalue weighted by atomic mass is 16.4. The van der Waals surface area contributed by atoms with Crippen LogP contribution in [0.3, 0.4) is 0 Å². The minimum absolute atomic E-state index is 0.0300. The topological polar surface area (TPSA) is 218 Å². The van der Waals surface area contributed by atoms with Gasteiger partial charge in [-0.25, -0.2) is 9.59 Å². The van der Waals surface area contributed by atoms with Crippen LogP contribution in [0, 0.1) is 12.8 Å². The molecule has 0 aliphatic rings. The quantitative estimate of drug-likeness (QED) is 0.0587. The molecule has 13 nitrogen and oxygen atoms in total. The number of nitrogens with zero attached hydrogens (tertiary/aromatic N) is 1. The van der Waals surface area contributed by atoms with Gasteiger partial charge in [-0.05, 0) is 43.2 Å². The maximum Gasteiger partial charge on any atom is 0.326 e. The van der Waals surface area contributed by atoms with E-state index in [0.29, 0.717) is 12.7 Å².